The molecule has 1 aliphatic carbocycles. The zero-order valence-electron chi connectivity index (χ0n) is 11.4. The number of aliphatic hydroxyl groups excluding tert-OH is 1. The van der Waals surface area contributed by atoms with Gasteiger partial charge in [-0.05, 0) is 37.0 Å². The maximum Gasteiger partial charge on any atom is 0.747 e. The van der Waals surface area contributed by atoms with Crippen molar-refractivity contribution < 1.29 is 14.8 Å². The highest BCUT2D eigenvalue weighted by atomic mass is 16.6. The van der Waals surface area contributed by atoms with Crippen LogP contribution in [0.4, 0.5) is 0 Å². The van der Waals surface area contributed by atoms with Gasteiger partial charge in [-0.3, -0.25) is 10.1 Å². The Morgan fingerprint density at radius 1 is 1.53 bits per heavy atom. The fourth-order valence-electron chi connectivity index (χ4n) is 2.43. The molecule has 7 heteroatoms. The fourth-order valence-corrected chi connectivity index (χ4v) is 2.43. The van der Waals surface area contributed by atoms with Crippen LogP contribution < -0.4 is 0 Å². The van der Waals surface area contributed by atoms with Gasteiger partial charge in [-0.2, -0.15) is 0 Å². The van der Waals surface area contributed by atoms with Gasteiger partial charge in [-0.15, -0.1) is 0 Å². The van der Waals surface area contributed by atoms with Crippen molar-refractivity contribution in [2.45, 2.75) is 46.1 Å². The lowest BCUT2D eigenvalue weighted by molar-refractivity contribution is -0.426. The number of ether oxygens (including phenoxy) is 1. The highest BCUT2D eigenvalue weighted by molar-refractivity contribution is 5.00. The molecule has 1 aliphatic rings. The summed E-state index contributed by atoms with van der Waals surface area (Å²) in [6, 6.07) is 0. The van der Waals surface area contributed by atoms with E-state index in [4.69, 9.17) is 10.1 Å². The number of rotatable bonds is 4. The molecule has 0 heterocycles. The first kappa shape index (κ1) is 15.2. The molecule has 19 heavy (non-hydrogen) atoms. The van der Waals surface area contributed by atoms with E-state index in [2.05, 4.69) is 18.8 Å². The van der Waals surface area contributed by atoms with E-state index in [1.54, 1.807) is 0 Å². The first-order chi connectivity index (χ1) is 8.86. The molecule has 0 aromatic heterocycles. The lowest BCUT2D eigenvalue weighted by Gasteiger charge is -2.35. The van der Waals surface area contributed by atoms with E-state index >= 15 is 0 Å². The van der Waals surface area contributed by atoms with Gasteiger partial charge in [-0.1, -0.05) is 20.8 Å². The largest absolute Gasteiger partial charge is 0.747 e. The van der Waals surface area contributed by atoms with Crippen LogP contribution in [0.15, 0.2) is 11.8 Å². The minimum atomic E-state index is -1.06. The molecule has 0 unspecified atom stereocenters. The van der Waals surface area contributed by atoms with E-state index in [-0.39, 0.29) is 12.0 Å². The van der Waals surface area contributed by atoms with Crippen LogP contribution >= 0.6 is 0 Å². The first-order valence-electron chi connectivity index (χ1n) is 6.46. The number of diazo groups is 1. The second kappa shape index (κ2) is 6.36. The predicted octanol–water partition coefficient (Wildman–Crippen LogP) is 3.28. The molecule has 3 atom stereocenters. The quantitative estimate of drug-likeness (QED) is 0.365. The Hall–Kier alpha value is -1.84. The molecule has 0 bridgehead atoms. The first-order valence-corrected chi connectivity index (χ1v) is 6.46. The lowest BCUT2D eigenvalue weighted by atomic mass is 9.76. The maximum absolute atomic E-state index is 10.5. The van der Waals surface area contributed by atoms with Crippen LogP contribution in [0.3, 0.4) is 0 Å². The van der Waals surface area contributed by atoms with E-state index in [1.807, 2.05) is 6.92 Å². The van der Waals surface area contributed by atoms with Gasteiger partial charge in [0.15, 0.2) is 4.92 Å². The average molecular weight is 270 g/mol. The molecule has 1 saturated carbocycles. The summed E-state index contributed by atoms with van der Waals surface area (Å²) in [6.45, 7) is 6.23. The van der Waals surface area contributed by atoms with Crippen LogP contribution in [-0.2, 0) is 4.74 Å². The van der Waals surface area contributed by atoms with Crippen molar-refractivity contribution in [2.75, 3.05) is 0 Å². The minimum absolute atomic E-state index is 0.198. The van der Waals surface area contributed by atoms with Crippen LogP contribution in [-0.4, -0.2) is 16.1 Å². The monoisotopic (exact) mass is 270 g/mol. The molecule has 1 N–H and O–H groups in total. The van der Waals surface area contributed by atoms with Crippen molar-refractivity contribution in [1.29, 1.82) is 5.39 Å². The van der Waals surface area contributed by atoms with E-state index < -0.39 is 16.7 Å². The van der Waals surface area contributed by atoms with Gasteiger partial charge in [-0.25, -0.2) is 0 Å². The van der Waals surface area contributed by atoms with Crippen LogP contribution in [0.1, 0.15) is 40.0 Å². The standard InChI is InChI=1S/C12H19N3O4/c1-7(2)9-5-4-8(3)10(6-9)19-12(16)11(14-13)15(17)18/h7-10H,4-6H2,1-3H3/p+1/b12-11+/t8-,9-,10+/m0/s1. The van der Waals surface area contributed by atoms with E-state index in [0.717, 1.165) is 19.3 Å². The van der Waals surface area contributed by atoms with Crippen LogP contribution in [0.5, 0.6) is 0 Å². The Morgan fingerprint density at radius 3 is 2.63 bits per heavy atom. The maximum atomic E-state index is 10.5. The lowest BCUT2D eigenvalue weighted by Crippen LogP contribution is -2.32. The van der Waals surface area contributed by atoms with Gasteiger partial charge < -0.3 is 9.84 Å². The van der Waals surface area contributed by atoms with Crippen molar-refractivity contribution in [1.82, 2.24) is 0 Å². The summed E-state index contributed by atoms with van der Waals surface area (Å²) in [5.74, 6) is -0.808. The highest BCUT2D eigenvalue weighted by Gasteiger charge is 2.39. The molecular weight excluding hydrogens is 250 g/mol. The molecule has 1 fully saturated rings. The summed E-state index contributed by atoms with van der Waals surface area (Å²) in [5.41, 5.74) is 0. The summed E-state index contributed by atoms with van der Waals surface area (Å²) in [7, 11) is 0. The number of nitro groups is 1. The van der Waals surface area contributed by atoms with Crippen LogP contribution in [0, 0.1) is 33.3 Å². The van der Waals surface area contributed by atoms with Crippen molar-refractivity contribution in [3.05, 3.63) is 26.9 Å². The Morgan fingerprint density at radius 2 is 2.16 bits per heavy atom. The number of hydrogen-bond donors (Lipinski definition) is 1. The summed E-state index contributed by atoms with van der Waals surface area (Å²) >= 11 is 0. The average Bonchev–Trinajstić information content (AvgIpc) is 2.31. The Balaban J connectivity index is 2.79. The van der Waals surface area contributed by atoms with Crippen molar-refractivity contribution >= 4 is 0 Å². The summed E-state index contributed by atoms with van der Waals surface area (Å²) in [6.07, 6.45) is 2.48. The van der Waals surface area contributed by atoms with E-state index in [9.17, 15) is 15.2 Å². The Labute approximate surface area is 112 Å². The zero-order chi connectivity index (χ0) is 14.6. The molecular formula is C12H20N3O4+. The molecule has 1 rings (SSSR count). The third-order valence-corrected chi connectivity index (χ3v) is 3.83. The van der Waals surface area contributed by atoms with Gasteiger partial charge in [0.1, 0.15) is 6.10 Å². The number of aliphatic hydroxyl groups is 1. The minimum Gasteiger partial charge on any atom is -0.470 e. The van der Waals surface area contributed by atoms with Crippen molar-refractivity contribution in [3.8, 4) is 0 Å². The summed E-state index contributed by atoms with van der Waals surface area (Å²) < 4.78 is 5.24. The van der Waals surface area contributed by atoms with Crippen molar-refractivity contribution in [3.63, 3.8) is 0 Å². The number of nitrogens with zero attached hydrogens (tertiary/aromatic N) is 3. The summed E-state index contributed by atoms with van der Waals surface area (Å²) in [5, 5.41) is 28.5. The smallest absolute Gasteiger partial charge is 0.470 e. The predicted molar refractivity (Wildman–Crippen MR) is 67.9 cm³/mol. The normalized spacial score (nSPS) is 28.5. The highest BCUT2D eigenvalue weighted by Crippen LogP contribution is 2.35. The molecule has 0 aliphatic heterocycles. The molecule has 0 aromatic rings. The van der Waals surface area contributed by atoms with Gasteiger partial charge in [0.05, 0.1) is 0 Å². The molecule has 106 valence electrons. The van der Waals surface area contributed by atoms with Crippen molar-refractivity contribution in [2.24, 2.45) is 17.8 Å². The second-order valence-corrected chi connectivity index (χ2v) is 5.44. The molecule has 0 spiro atoms. The Kier molecular flexibility index (Phi) is 5.10. The summed E-state index contributed by atoms with van der Waals surface area (Å²) in [4.78, 5) is 12.0. The second-order valence-electron chi connectivity index (χ2n) is 5.44. The third-order valence-electron chi connectivity index (χ3n) is 3.83. The van der Waals surface area contributed by atoms with Crippen LogP contribution in [0.2, 0.25) is 0 Å². The third kappa shape index (κ3) is 3.81. The SMILES string of the molecule is CC(C)[C@H]1CC[C@H](C)[C@H](O/C(O)=C(\[N+]#N)[N+](=O)[O-])C1. The van der Waals surface area contributed by atoms with Gasteiger partial charge in [0.2, 0.25) is 5.39 Å². The van der Waals surface area contributed by atoms with Gasteiger partial charge >= 0.3 is 11.8 Å². The van der Waals surface area contributed by atoms with E-state index in [0.29, 0.717) is 11.8 Å². The zero-order valence-corrected chi connectivity index (χ0v) is 11.4. The van der Waals surface area contributed by atoms with E-state index in [1.165, 1.54) is 0 Å². The Bertz CT molecular complexity index is 414. The molecule has 0 radical (unpaired) electrons. The molecule has 0 aromatic carbocycles. The topological polar surface area (TPSA) is 101 Å². The van der Waals surface area contributed by atoms with Crippen LogP contribution in [0.25, 0.3) is 4.98 Å². The number of hydrogen-bond acceptors (Lipinski definition) is 5. The molecule has 0 saturated heterocycles. The van der Waals surface area contributed by atoms with Gasteiger partial charge in [0.25, 0.3) is 4.98 Å². The molecule has 7 nitrogen and oxygen atoms in total. The molecule has 0 amide bonds. The fraction of sp³-hybridized carbons (Fsp3) is 0.833. The van der Waals surface area contributed by atoms with Gasteiger partial charge in [0, 0.05) is 0 Å².